The number of benzene rings is 1. The zero-order chi connectivity index (χ0) is 13.9. The molecular weight excluding hydrogens is 262 g/mol. The molecule has 0 aromatic heterocycles. The van der Waals surface area contributed by atoms with E-state index >= 15 is 0 Å². The van der Waals surface area contributed by atoms with E-state index in [0.717, 1.165) is 5.56 Å². The van der Waals surface area contributed by atoms with Gasteiger partial charge in [-0.2, -0.15) is 9.98 Å². The molecule has 2 heterocycles. The van der Waals surface area contributed by atoms with Crippen molar-refractivity contribution in [3.63, 3.8) is 0 Å². The van der Waals surface area contributed by atoms with E-state index in [0.29, 0.717) is 0 Å². The molecular formula is C12H7N5O3. The molecule has 0 bridgehead atoms. The molecule has 0 aliphatic carbocycles. The van der Waals surface area contributed by atoms with E-state index in [2.05, 4.69) is 25.4 Å². The zero-order valence-electron chi connectivity index (χ0n) is 10.1. The van der Waals surface area contributed by atoms with Crippen LogP contribution in [0.15, 0.2) is 55.8 Å². The lowest BCUT2D eigenvalue weighted by molar-refractivity contribution is -0.137. The second-order valence-electron chi connectivity index (χ2n) is 3.88. The maximum absolute atomic E-state index is 11.8. The van der Waals surface area contributed by atoms with Gasteiger partial charge in [0.2, 0.25) is 17.4 Å². The molecule has 98 valence electrons. The number of nitrogens with zero attached hydrogens (tertiary/aromatic N) is 5. The first-order valence-corrected chi connectivity index (χ1v) is 5.66. The number of hydrogen-bond acceptors (Lipinski definition) is 7. The minimum Gasteiger partial charge on any atom is -0.455 e. The highest BCUT2D eigenvalue weighted by Crippen LogP contribution is 2.09. The molecule has 0 saturated carbocycles. The number of fused-ring (bicyclic) bond motifs is 1. The Labute approximate surface area is 112 Å². The number of aliphatic imine (C=N–C) groups is 2. The van der Waals surface area contributed by atoms with Crippen LogP contribution in [0.1, 0.15) is 5.56 Å². The first-order valence-electron chi connectivity index (χ1n) is 5.66. The van der Waals surface area contributed by atoms with E-state index in [1.54, 1.807) is 0 Å². The number of carbonyl (C=O) groups is 2. The van der Waals surface area contributed by atoms with E-state index < -0.39 is 11.9 Å². The highest BCUT2D eigenvalue weighted by Gasteiger charge is 2.30. The topological polar surface area (TPSA) is 105 Å². The van der Waals surface area contributed by atoms with Crippen LogP contribution in [0.2, 0.25) is 0 Å². The second-order valence-corrected chi connectivity index (χ2v) is 3.88. The fourth-order valence-corrected chi connectivity index (χ4v) is 1.57. The summed E-state index contributed by atoms with van der Waals surface area (Å²) in [6, 6.07) is 9.12. The normalized spacial score (nSPS) is 16.2. The standard InChI is InChI=1S/C12H7N5O3/c18-11-8-9(16-17-15-8)13-10(14-11)12(19)20-6-7-4-2-1-3-5-7/h1-5H,6H2. The Balaban J connectivity index is 1.71. The Bertz CT molecular complexity index is 703. The van der Waals surface area contributed by atoms with Crippen LogP contribution in [0.5, 0.6) is 0 Å². The maximum Gasteiger partial charge on any atom is 0.376 e. The third kappa shape index (κ3) is 2.26. The van der Waals surface area contributed by atoms with Crippen LogP contribution in [0.25, 0.3) is 0 Å². The summed E-state index contributed by atoms with van der Waals surface area (Å²) in [7, 11) is 0. The van der Waals surface area contributed by atoms with Crippen molar-refractivity contribution in [1.29, 1.82) is 0 Å². The quantitative estimate of drug-likeness (QED) is 0.760. The average molecular weight is 269 g/mol. The third-order valence-electron chi connectivity index (χ3n) is 2.51. The lowest BCUT2D eigenvalue weighted by atomic mass is 10.2. The Hall–Kier alpha value is -3.03. The summed E-state index contributed by atoms with van der Waals surface area (Å²) in [5.74, 6) is -1.86. The van der Waals surface area contributed by atoms with Gasteiger partial charge < -0.3 is 4.74 Å². The molecule has 0 N–H and O–H groups in total. The van der Waals surface area contributed by atoms with Crippen LogP contribution < -0.4 is 0 Å². The highest BCUT2D eigenvalue weighted by atomic mass is 16.5. The van der Waals surface area contributed by atoms with Crippen LogP contribution in [0.4, 0.5) is 0 Å². The largest absolute Gasteiger partial charge is 0.455 e. The molecule has 0 fully saturated rings. The molecule has 0 unspecified atom stereocenters. The van der Waals surface area contributed by atoms with Gasteiger partial charge in [0, 0.05) is 0 Å². The van der Waals surface area contributed by atoms with Crippen LogP contribution in [0.3, 0.4) is 0 Å². The Morgan fingerprint density at radius 2 is 1.95 bits per heavy atom. The molecule has 8 heteroatoms. The lowest BCUT2D eigenvalue weighted by Gasteiger charge is -2.07. The number of amidine groups is 2. The van der Waals surface area contributed by atoms with E-state index in [1.807, 2.05) is 30.3 Å². The summed E-state index contributed by atoms with van der Waals surface area (Å²) in [4.78, 5) is 30.6. The summed E-state index contributed by atoms with van der Waals surface area (Å²) < 4.78 is 5.02. The zero-order valence-corrected chi connectivity index (χ0v) is 10.1. The van der Waals surface area contributed by atoms with Crippen molar-refractivity contribution in [2.75, 3.05) is 0 Å². The molecule has 0 atom stereocenters. The van der Waals surface area contributed by atoms with Crippen molar-refractivity contribution in [2.24, 2.45) is 25.4 Å². The monoisotopic (exact) mass is 269 g/mol. The molecule has 0 spiro atoms. The molecule has 8 nitrogen and oxygen atoms in total. The SMILES string of the molecule is O=C1N=C(C(=O)OCc2ccccc2)N=C2N=NN=C12. The Morgan fingerprint density at radius 3 is 2.75 bits per heavy atom. The van der Waals surface area contributed by atoms with Gasteiger partial charge in [0.05, 0.1) is 0 Å². The van der Waals surface area contributed by atoms with Gasteiger partial charge in [0.15, 0.2) is 0 Å². The Morgan fingerprint density at radius 1 is 1.15 bits per heavy atom. The highest BCUT2D eigenvalue weighted by molar-refractivity contribution is 6.71. The van der Waals surface area contributed by atoms with Gasteiger partial charge in [-0.05, 0) is 10.8 Å². The Kier molecular flexibility index (Phi) is 2.96. The summed E-state index contributed by atoms with van der Waals surface area (Å²) in [6.45, 7) is 0.0696. The lowest BCUT2D eigenvalue weighted by Crippen LogP contribution is -2.29. The summed E-state index contributed by atoms with van der Waals surface area (Å²) in [5, 5.41) is 10.3. The number of rotatable bonds is 3. The molecule has 3 rings (SSSR count). The van der Waals surface area contributed by atoms with Gasteiger partial charge in [-0.3, -0.25) is 4.79 Å². The average Bonchev–Trinajstić information content (AvgIpc) is 2.95. The summed E-state index contributed by atoms with van der Waals surface area (Å²) >= 11 is 0. The molecule has 2 aliphatic rings. The molecule has 1 aromatic rings. The minimum absolute atomic E-state index is 0.0170. The number of amides is 1. The van der Waals surface area contributed by atoms with Gasteiger partial charge >= 0.3 is 11.9 Å². The molecule has 0 saturated heterocycles. The maximum atomic E-state index is 11.8. The van der Waals surface area contributed by atoms with Gasteiger partial charge in [-0.25, -0.2) is 4.79 Å². The molecule has 1 aromatic carbocycles. The van der Waals surface area contributed by atoms with Crippen molar-refractivity contribution in [3.8, 4) is 0 Å². The molecule has 0 radical (unpaired) electrons. The van der Waals surface area contributed by atoms with Crippen LogP contribution >= 0.6 is 0 Å². The number of hydrogen-bond donors (Lipinski definition) is 0. The fourth-order valence-electron chi connectivity index (χ4n) is 1.57. The smallest absolute Gasteiger partial charge is 0.376 e. The van der Waals surface area contributed by atoms with E-state index in [4.69, 9.17) is 4.74 Å². The number of esters is 1. The van der Waals surface area contributed by atoms with Crippen LogP contribution in [-0.2, 0) is 20.9 Å². The minimum atomic E-state index is -0.796. The summed E-state index contributed by atoms with van der Waals surface area (Å²) in [5.41, 5.74) is 0.753. The van der Waals surface area contributed by atoms with Crippen LogP contribution in [0, 0.1) is 0 Å². The van der Waals surface area contributed by atoms with Crippen molar-refractivity contribution in [1.82, 2.24) is 0 Å². The predicted octanol–water partition coefficient (Wildman–Crippen LogP) is 0.889. The van der Waals surface area contributed by atoms with E-state index in [9.17, 15) is 9.59 Å². The number of carbonyl (C=O) groups excluding carboxylic acids is 2. The van der Waals surface area contributed by atoms with Gasteiger partial charge in [0.1, 0.15) is 6.61 Å². The number of ether oxygens (including phenoxy) is 1. The van der Waals surface area contributed by atoms with Crippen LogP contribution in [-0.4, -0.2) is 29.3 Å². The first-order chi connectivity index (χ1) is 9.74. The summed E-state index contributed by atoms with van der Waals surface area (Å²) in [6.07, 6.45) is 0. The van der Waals surface area contributed by atoms with E-state index in [-0.39, 0.29) is 24.0 Å². The van der Waals surface area contributed by atoms with E-state index in [1.165, 1.54) is 0 Å². The molecule has 2 aliphatic heterocycles. The van der Waals surface area contributed by atoms with Crippen molar-refractivity contribution in [2.45, 2.75) is 6.61 Å². The molecule has 1 amide bonds. The van der Waals surface area contributed by atoms with Gasteiger partial charge in [-0.15, -0.1) is 10.2 Å². The molecule has 20 heavy (non-hydrogen) atoms. The van der Waals surface area contributed by atoms with Crippen molar-refractivity contribution >= 4 is 29.3 Å². The van der Waals surface area contributed by atoms with Crippen molar-refractivity contribution < 1.29 is 14.3 Å². The first kappa shape index (κ1) is 12.0. The third-order valence-corrected chi connectivity index (χ3v) is 2.51. The van der Waals surface area contributed by atoms with Gasteiger partial charge in [0.25, 0.3) is 0 Å². The predicted molar refractivity (Wildman–Crippen MR) is 68.4 cm³/mol. The second kappa shape index (κ2) is 4.92. The van der Waals surface area contributed by atoms with Gasteiger partial charge in [-0.1, -0.05) is 30.3 Å². The fraction of sp³-hybridized carbons (Fsp3) is 0.0833. The van der Waals surface area contributed by atoms with Crippen molar-refractivity contribution in [3.05, 3.63) is 35.9 Å².